The molecule has 1 aromatic carbocycles. The van der Waals surface area contributed by atoms with E-state index in [1.165, 1.54) is 11.4 Å². The van der Waals surface area contributed by atoms with Crippen molar-refractivity contribution in [1.29, 1.82) is 0 Å². The molecule has 1 aliphatic heterocycles. The quantitative estimate of drug-likeness (QED) is 0.921. The molecule has 1 saturated heterocycles. The van der Waals surface area contributed by atoms with Crippen LogP contribution in [0.2, 0.25) is 0 Å². The molecule has 0 aliphatic carbocycles. The first-order valence-electron chi connectivity index (χ1n) is 6.56. The van der Waals surface area contributed by atoms with Crippen molar-refractivity contribution in [1.82, 2.24) is 9.62 Å². The Morgan fingerprint density at radius 3 is 2.65 bits per heavy atom. The summed E-state index contributed by atoms with van der Waals surface area (Å²) in [4.78, 5) is -0.227. The smallest absolute Gasteiger partial charge is 0.242 e. The maximum atomic E-state index is 13.2. The van der Waals surface area contributed by atoms with Crippen molar-refractivity contribution in [3.8, 4) is 0 Å². The minimum Gasteiger partial charge on any atom is -0.313 e. The number of nitrogens with one attached hydrogen (secondary N) is 1. The van der Waals surface area contributed by atoms with Gasteiger partial charge in [0.05, 0.1) is 4.90 Å². The number of hydrogen-bond donors (Lipinski definition) is 1. The Kier molecular flexibility index (Phi) is 4.72. The second-order valence-corrected chi connectivity index (χ2v) is 7.05. The van der Waals surface area contributed by atoms with E-state index in [1.807, 2.05) is 0 Å². The third-order valence-corrected chi connectivity index (χ3v) is 5.31. The summed E-state index contributed by atoms with van der Waals surface area (Å²) in [5.41, 5.74) is 0. The van der Waals surface area contributed by atoms with Crippen LogP contribution in [-0.2, 0) is 10.0 Å². The summed E-state index contributed by atoms with van der Waals surface area (Å²) in [7, 11) is -2.34. The van der Waals surface area contributed by atoms with Crippen LogP contribution in [0.25, 0.3) is 0 Å². The van der Waals surface area contributed by atoms with E-state index in [0.29, 0.717) is 6.54 Å². The number of hydrogen-bond acceptors (Lipinski definition) is 3. The lowest BCUT2D eigenvalue weighted by Crippen LogP contribution is -2.44. The van der Waals surface area contributed by atoms with Crippen LogP contribution in [0.5, 0.6) is 0 Å². The normalized spacial score (nSPS) is 20.3. The van der Waals surface area contributed by atoms with Crippen LogP contribution < -0.4 is 5.32 Å². The molecule has 20 heavy (non-hydrogen) atoms. The Morgan fingerprint density at radius 2 is 2.05 bits per heavy atom. The highest BCUT2D eigenvalue weighted by molar-refractivity contribution is 7.89. The molecule has 0 saturated carbocycles. The van der Waals surface area contributed by atoms with Gasteiger partial charge < -0.3 is 5.32 Å². The zero-order valence-electron chi connectivity index (χ0n) is 11.3. The first-order chi connectivity index (χ1) is 9.41. The molecule has 1 N–H and O–H groups in total. The third kappa shape index (κ3) is 3.34. The van der Waals surface area contributed by atoms with E-state index in [1.54, 1.807) is 0 Å². The predicted molar refractivity (Wildman–Crippen MR) is 71.8 cm³/mol. The third-order valence-electron chi connectivity index (χ3n) is 3.49. The Bertz CT molecular complexity index is 572. The fourth-order valence-electron chi connectivity index (χ4n) is 2.31. The standard InChI is InChI=1S/C13H18F2N2O2S/c1-17(9-10-4-2-3-7-16-10)20(18,19)11-5-6-12(14)13(15)8-11/h5-6,8,10,16H,2-4,7,9H2,1H3. The van der Waals surface area contributed by atoms with Crippen molar-refractivity contribution >= 4 is 10.0 Å². The van der Waals surface area contributed by atoms with Crippen LogP contribution in [-0.4, -0.2) is 38.9 Å². The predicted octanol–water partition coefficient (Wildman–Crippen LogP) is 1.73. The summed E-state index contributed by atoms with van der Waals surface area (Å²) in [6, 6.07) is 2.73. The van der Waals surface area contributed by atoms with Crippen molar-refractivity contribution in [2.75, 3.05) is 20.1 Å². The Labute approximate surface area is 117 Å². The van der Waals surface area contributed by atoms with Crippen LogP contribution in [0, 0.1) is 11.6 Å². The number of benzene rings is 1. The topological polar surface area (TPSA) is 49.4 Å². The molecule has 1 unspecified atom stereocenters. The first kappa shape index (κ1) is 15.3. The average molecular weight is 304 g/mol. The molecule has 0 aromatic heterocycles. The number of sulfonamides is 1. The molecule has 1 atom stereocenters. The Balaban J connectivity index is 2.13. The minimum absolute atomic E-state index is 0.105. The van der Waals surface area contributed by atoms with Gasteiger partial charge in [-0.3, -0.25) is 0 Å². The van der Waals surface area contributed by atoms with Gasteiger partial charge in [0.1, 0.15) is 0 Å². The van der Waals surface area contributed by atoms with Gasteiger partial charge in [-0.05, 0) is 37.6 Å². The molecule has 4 nitrogen and oxygen atoms in total. The Hall–Kier alpha value is -1.05. The van der Waals surface area contributed by atoms with E-state index in [-0.39, 0.29) is 10.9 Å². The van der Waals surface area contributed by atoms with Gasteiger partial charge in [-0.2, -0.15) is 4.31 Å². The van der Waals surface area contributed by atoms with E-state index < -0.39 is 21.7 Å². The number of nitrogens with zero attached hydrogens (tertiary/aromatic N) is 1. The minimum atomic E-state index is -3.79. The van der Waals surface area contributed by atoms with Gasteiger partial charge in [0.25, 0.3) is 0 Å². The molecule has 0 bridgehead atoms. The molecule has 0 radical (unpaired) electrons. The molecule has 7 heteroatoms. The molecule has 0 amide bonds. The molecule has 1 heterocycles. The molecule has 1 fully saturated rings. The van der Waals surface area contributed by atoms with Gasteiger partial charge in [-0.1, -0.05) is 6.42 Å². The SMILES string of the molecule is CN(CC1CCCCN1)S(=O)(=O)c1ccc(F)c(F)c1. The molecule has 112 valence electrons. The average Bonchev–Trinajstić information content (AvgIpc) is 2.42. The van der Waals surface area contributed by atoms with Crippen LogP contribution in [0.4, 0.5) is 8.78 Å². The van der Waals surface area contributed by atoms with E-state index >= 15 is 0 Å². The lowest BCUT2D eigenvalue weighted by Gasteiger charge is -2.27. The highest BCUT2D eigenvalue weighted by Crippen LogP contribution is 2.18. The van der Waals surface area contributed by atoms with E-state index in [9.17, 15) is 17.2 Å². The molecule has 1 aromatic rings. The van der Waals surface area contributed by atoms with Crippen molar-refractivity contribution in [2.45, 2.75) is 30.2 Å². The first-order valence-corrected chi connectivity index (χ1v) is 8.00. The number of rotatable bonds is 4. The molecular weight excluding hydrogens is 286 g/mol. The summed E-state index contributed by atoms with van der Waals surface area (Å²) in [6.07, 6.45) is 3.07. The van der Waals surface area contributed by atoms with Crippen molar-refractivity contribution in [2.24, 2.45) is 0 Å². The molecular formula is C13H18F2N2O2S. The van der Waals surface area contributed by atoms with E-state index in [0.717, 1.165) is 44.0 Å². The fraction of sp³-hybridized carbons (Fsp3) is 0.538. The zero-order chi connectivity index (χ0) is 14.8. The Morgan fingerprint density at radius 1 is 1.30 bits per heavy atom. The van der Waals surface area contributed by atoms with Gasteiger partial charge in [-0.15, -0.1) is 0 Å². The monoisotopic (exact) mass is 304 g/mol. The van der Waals surface area contributed by atoms with Crippen LogP contribution in [0.1, 0.15) is 19.3 Å². The van der Waals surface area contributed by atoms with E-state index in [2.05, 4.69) is 5.32 Å². The number of piperidine rings is 1. The maximum Gasteiger partial charge on any atom is 0.242 e. The summed E-state index contributed by atoms with van der Waals surface area (Å²) in [5.74, 6) is -2.21. The van der Waals surface area contributed by atoms with Gasteiger partial charge >= 0.3 is 0 Å². The largest absolute Gasteiger partial charge is 0.313 e. The van der Waals surface area contributed by atoms with Crippen LogP contribution in [0.3, 0.4) is 0 Å². The summed E-state index contributed by atoms with van der Waals surface area (Å²) < 4.78 is 51.8. The van der Waals surface area contributed by atoms with Gasteiger partial charge in [0.2, 0.25) is 10.0 Å². The highest BCUT2D eigenvalue weighted by Gasteiger charge is 2.25. The van der Waals surface area contributed by atoms with Crippen molar-refractivity contribution < 1.29 is 17.2 Å². The highest BCUT2D eigenvalue weighted by atomic mass is 32.2. The van der Waals surface area contributed by atoms with Crippen LogP contribution >= 0.6 is 0 Å². The van der Waals surface area contributed by atoms with Gasteiger partial charge in [0, 0.05) is 19.6 Å². The molecule has 0 spiro atoms. The summed E-state index contributed by atoms with van der Waals surface area (Å²) in [6.45, 7) is 1.20. The van der Waals surface area contributed by atoms with Crippen molar-refractivity contribution in [3.05, 3.63) is 29.8 Å². The molecule has 2 rings (SSSR count). The van der Waals surface area contributed by atoms with Crippen molar-refractivity contribution in [3.63, 3.8) is 0 Å². The summed E-state index contributed by atoms with van der Waals surface area (Å²) in [5, 5.41) is 3.25. The second-order valence-electron chi connectivity index (χ2n) is 5.01. The summed E-state index contributed by atoms with van der Waals surface area (Å²) >= 11 is 0. The van der Waals surface area contributed by atoms with E-state index in [4.69, 9.17) is 0 Å². The number of likely N-dealkylation sites (N-methyl/N-ethyl adjacent to an activating group) is 1. The fourth-order valence-corrected chi connectivity index (χ4v) is 3.53. The van der Waals surface area contributed by atoms with Gasteiger partial charge in [-0.25, -0.2) is 17.2 Å². The lowest BCUT2D eigenvalue weighted by atomic mass is 10.1. The number of halogens is 2. The molecule has 1 aliphatic rings. The zero-order valence-corrected chi connectivity index (χ0v) is 12.1. The lowest BCUT2D eigenvalue weighted by molar-refractivity contribution is 0.337. The maximum absolute atomic E-state index is 13.2. The van der Waals surface area contributed by atoms with Crippen LogP contribution in [0.15, 0.2) is 23.1 Å². The second kappa shape index (κ2) is 6.15. The van der Waals surface area contributed by atoms with Gasteiger partial charge in [0.15, 0.2) is 11.6 Å².